The number of aliphatic hydroxyl groups is 2. The van der Waals surface area contributed by atoms with Crippen LogP contribution in [-0.4, -0.2) is 57.8 Å². The fourth-order valence-corrected chi connectivity index (χ4v) is 3.73. The number of ether oxygens (including phenoxy) is 2. The Morgan fingerprint density at radius 1 is 0.964 bits per heavy atom. The summed E-state index contributed by atoms with van der Waals surface area (Å²) in [6.07, 6.45) is -0.641. The number of Topliss-reactive ketones (excluding diaryl/α,β-unsaturated/α-hetero) is 1. The zero-order valence-corrected chi connectivity index (χ0v) is 14.3. The Bertz CT molecular complexity index is 962. The first-order chi connectivity index (χ1) is 13.3. The molecule has 2 N–H and O–H groups in total. The van der Waals surface area contributed by atoms with Crippen LogP contribution in [0, 0.1) is 5.92 Å². The van der Waals surface area contributed by atoms with Crippen LogP contribution in [0.2, 0.25) is 0 Å². The number of cyclic esters (lactones) is 1. The van der Waals surface area contributed by atoms with E-state index in [1.807, 2.05) is 0 Å². The van der Waals surface area contributed by atoms with Crippen LogP contribution in [0.15, 0.2) is 46.8 Å². The molecule has 9 nitrogen and oxygen atoms in total. The first-order valence-electron chi connectivity index (χ1n) is 8.51. The van der Waals surface area contributed by atoms with E-state index in [2.05, 4.69) is 0 Å². The summed E-state index contributed by atoms with van der Waals surface area (Å²) in [5, 5.41) is 19.9. The number of carbonyl (C=O) groups is 5. The van der Waals surface area contributed by atoms with Gasteiger partial charge in [0.15, 0.2) is 29.7 Å². The van der Waals surface area contributed by atoms with Crippen LogP contribution < -0.4 is 0 Å². The van der Waals surface area contributed by atoms with Crippen LogP contribution in [0.25, 0.3) is 0 Å². The van der Waals surface area contributed by atoms with Gasteiger partial charge in [0.25, 0.3) is 0 Å². The summed E-state index contributed by atoms with van der Waals surface area (Å²) in [5.74, 6) is -4.69. The predicted octanol–water partition coefficient (Wildman–Crippen LogP) is -0.450. The molecule has 1 saturated heterocycles. The first-order valence-corrected chi connectivity index (χ1v) is 8.51. The Labute approximate surface area is 157 Å². The molecule has 144 valence electrons. The van der Waals surface area contributed by atoms with Crippen molar-refractivity contribution in [1.82, 2.24) is 0 Å². The highest BCUT2D eigenvalue weighted by Crippen LogP contribution is 2.35. The number of esters is 1. The Morgan fingerprint density at radius 3 is 2.43 bits per heavy atom. The van der Waals surface area contributed by atoms with Gasteiger partial charge in [-0.1, -0.05) is 0 Å². The average Bonchev–Trinajstić information content (AvgIpc) is 2.66. The minimum atomic E-state index is -1.77. The van der Waals surface area contributed by atoms with E-state index < -0.39 is 59.3 Å². The van der Waals surface area contributed by atoms with Crippen LogP contribution in [0.5, 0.6) is 0 Å². The fourth-order valence-electron chi connectivity index (χ4n) is 3.73. The van der Waals surface area contributed by atoms with E-state index in [4.69, 9.17) is 9.47 Å². The smallest absolute Gasteiger partial charge is 0.339 e. The van der Waals surface area contributed by atoms with Crippen molar-refractivity contribution in [3.05, 3.63) is 46.8 Å². The standard InChI is InChI=1S/C19H14O9/c20-9-1-3-11(22)15-7(9)5-13(27-18(15)25)17(24)14-6-8-10(21)2-4-12(23)16(8)19(26)28-14/h1-4,7,13-14,19,22,26H,5-6H2. The van der Waals surface area contributed by atoms with Gasteiger partial charge in [-0.05, 0) is 24.3 Å². The number of rotatable bonds is 2. The summed E-state index contributed by atoms with van der Waals surface area (Å²) in [5.41, 5.74) is -0.439. The second kappa shape index (κ2) is 6.47. The molecule has 0 bridgehead atoms. The maximum atomic E-state index is 12.8. The number of allylic oxidation sites excluding steroid dienone is 4. The topological polar surface area (TPSA) is 144 Å². The normalized spacial score (nSPS) is 32.3. The molecular formula is C19H14O9. The first kappa shape index (κ1) is 18.2. The molecule has 28 heavy (non-hydrogen) atoms. The second-order valence-corrected chi connectivity index (χ2v) is 6.75. The van der Waals surface area contributed by atoms with E-state index in [0.717, 1.165) is 24.3 Å². The Hall–Kier alpha value is -3.17. The highest BCUT2D eigenvalue weighted by molar-refractivity contribution is 6.21. The van der Waals surface area contributed by atoms with Gasteiger partial charge in [0, 0.05) is 18.4 Å². The largest absolute Gasteiger partial charge is 0.507 e. The van der Waals surface area contributed by atoms with Crippen molar-refractivity contribution in [2.45, 2.75) is 31.3 Å². The van der Waals surface area contributed by atoms with Gasteiger partial charge in [0.1, 0.15) is 11.9 Å². The minimum absolute atomic E-state index is 0.0263. The number of carbonyl (C=O) groups excluding carboxylic acids is 5. The third-order valence-corrected chi connectivity index (χ3v) is 5.13. The molecule has 9 heteroatoms. The molecule has 0 amide bonds. The molecule has 2 aliphatic carbocycles. The van der Waals surface area contributed by atoms with Gasteiger partial charge < -0.3 is 19.7 Å². The van der Waals surface area contributed by atoms with Crippen LogP contribution in [-0.2, 0) is 33.4 Å². The Balaban J connectivity index is 1.57. The van der Waals surface area contributed by atoms with Crippen LogP contribution in [0.4, 0.5) is 0 Å². The lowest BCUT2D eigenvalue weighted by Gasteiger charge is -2.35. The zero-order chi connectivity index (χ0) is 20.2. The third-order valence-electron chi connectivity index (χ3n) is 5.13. The molecule has 0 saturated carbocycles. The van der Waals surface area contributed by atoms with E-state index in [9.17, 15) is 34.2 Å². The SMILES string of the molecule is O=C1C=CC(=O)C2=C1CC(C(=O)C1CC3C(=O)C=CC(O)=C3C(=O)O1)OC2O. The number of fused-ring (bicyclic) bond motifs is 1. The molecular weight excluding hydrogens is 372 g/mol. The summed E-state index contributed by atoms with van der Waals surface area (Å²) in [6, 6.07) is 0. The van der Waals surface area contributed by atoms with E-state index in [1.165, 1.54) is 0 Å². The summed E-state index contributed by atoms with van der Waals surface area (Å²) < 4.78 is 10.3. The molecule has 4 rings (SSSR count). The third kappa shape index (κ3) is 2.76. The van der Waals surface area contributed by atoms with Gasteiger partial charge in [-0.3, -0.25) is 19.2 Å². The zero-order valence-electron chi connectivity index (χ0n) is 14.3. The van der Waals surface area contributed by atoms with Crippen molar-refractivity contribution in [2.24, 2.45) is 5.92 Å². The van der Waals surface area contributed by atoms with Crippen molar-refractivity contribution < 1.29 is 43.7 Å². The number of hydrogen-bond donors (Lipinski definition) is 2. The molecule has 2 heterocycles. The second-order valence-electron chi connectivity index (χ2n) is 6.75. The van der Waals surface area contributed by atoms with E-state index in [-0.39, 0.29) is 29.6 Å². The lowest BCUT2D eigenvalue weighted by atomic mass is 9.80. The molecule has 0 spiro atoms. The minimum Gasteiger partial charge on any atom is -0.507 e. The monoisotopic (exact) mass is 386 g/mol. The van der Waals surface area contributed by atoms with Gasteiger partial charge in [-0.2, -0.15) is 0 Å². The van der Waals surface area contributed by atoms with Crippen molar-refractivity contribution >= 4 is 29.1 Å². The maximum Gasteiger partial charge on any atom is 0.339 e. The number of ketones is 4. The average molecular weight is 386 g/mol. The number of hydrogen-bond acceptors (Lipinski definition) is 9. The van der Waals surface area contributed by atoms with E-state index in [0.29, 0.717) is 0 Å². The van der Waals surface area contributed by atoms with Gasteiger partial charge in [-0.15, -0.1) is 0 Å². The summed E-state index contributed by atoms with van der Waals surface area (Å²) in [4.78, 5) is 61.0. The highest BCUT2D eigenvalue weighted by atomic mass is 16.6. The lowest BCUT2D eigenvalue weighted by molar-refractivity contribution is -0.173. The van der Waals surface area contributed by atoms with Crippen LogP contribution in [0.1, 0.15) is 12.8 Å². The van der Waals surface area contributed by atoms with Gasteiger partial charge in [0.05, 0.1) is 17.1 Å². The molecule has 2 aliphatic heterocycles. The molecule has 0 aromatic carbocycles. The Kier molecular flexibility index (Phi) is 4.20. The molecule has 4 aliphatic rings. The quantitative estimate of drug-likeness (QED) is 0.476. The number of aliphatic hydroxyl groups excluding tert-OH is 2. The Morgan fingerprint density at radius 2 is 1.68 bits per heavy atom. The van der Waals surface area contributed by atoms with Crippen molar-refractivity contribution in [3.8, 4) is 0 Å². The van der Waals surface area contributed by atoms with Gasteiger partial charge in [-0.25, -0.2) is 4.79 Å². The summed E-state index contributed by atoms with van der Waals surface area (Å²) in [6.45, 7) is 0. The van der Waals surface area contributed by atoms with Crippen LogP contribution >= 0.6 is 0 Å². The molecule has 4 unspecified atom stereocenters. The van der Waals surface area contributed by atoms with Gasteiger partial charge >= 0.3 is 5.97 Å². The van der Waals surface area contributed by atoms with Crippen molar-refractivity contribution in [3.63, 3.8) is 0 Å². The van der Waals surface area contributed by atoms with Crippen molar-refractivity contribution in [1.29, 1.82) is 0 Å². The fraction of sp³-hybridized carbons (Fsp3) is 0.316. The predicted molar refractivity (Wildman–Crippen MR) is 88.5 cm³/mol. The summed E-state index contributed by atoms with van der Waals surface area (Å²) >= 11 is 0. The van der Waals surface area contributed by atoms with Crippen LogP contribution in [0.3, 0.4) is 0 Å². The molecule has 0 aromatic rings. The molecule has 4 atom stereocenters. The maximum absolute atomic E-state index is 12.8. The van der Waals surface area contributed by atoms with Crippen molar-refractivity contribution in [2.75, 3.05) is 0 Å². The van der Waals surface area contributed by atoms with E-state index >= 15 is 0 Å². The molecule has 1 fully saturated rings. The lowest BCUT2D eigenvalue weighted by Crippen LogP contribution is -2.48. The molecule has 0 aromatic heterocycles. The van der Waals surface area contributed by atoms with Gasteiger partial charge in [0.2, 0.25) is 5.78 Å². The van der Waals surface area contributed by atoms with E-state index in [1.54, 1.807) is 0 Å². The summed E-state index contributed by atoms with van der Waals surface area (Å²) in [7, 11) is 0. The molecule has 0 radical (unpaired) electrons. The highest BCUT2D eigenvalue weighted by Gasteiger charge is 2.47.